The predicted molar refractivity (Wildman–Crippen MR) is 114 cm³/mol. The summed E-state index contributed by atoms with van der Waals surface area (Å²) in [6, 6.07) is 13.0. The Morgan fingerprint density at radius 2 is 1.79 bits per heavy atom. The Bertz CT molecular complexity index is 928. The third-order valence-electron chi connectivity index (χ3n) is 3.97. The van der Waals surface area contributed by atoms with E-state index in [0.717, 1.165) is 27.4 Å². The lowest BCUT2D eigenvalue weighted by molar-refractivity contribution is -0.123. The van der Waals surface area contributed by atoms with Crippen LogP contribution in [0.1, 0.15) is 25.0 Å². The van der Waals surface area contributed by atoms with E-state index in [4.69, 9.17) is 9.47 Å². The maximum atomic E-state index is 12.7. The average Bonchev–Trinajstić information content (AvgIpc) is 2.92. The second kappa shape index (κ2) is 9.30. The second-order valence-electron chi connectivity index (χ2n) is 5.97. The molecule has 0 saturated carbocycles. The molecule has 1 fully saturated rings. The Kier molecular flexibility index (Phi) is 6.80. The number of hydrogen-bond donors (Lipinski definition) is 0. The molecule has 2 aromatic rings. The van der Waals surface area contributed by atoms with Crippen molar-refractivity contribution in [2.75, 3.05) is 13.2 Å². The Morgan fingerprint density at radius 3 is 2.50 bits per heavy atom. The molecule has 1 aliphatic rings. The number of hydrogen-bond acceptors (Lipinski definition) is 5. The molecule has 28 heavy (non-hydrogen) atoms. The summed E-state index contributed by atoms with van der Waals surface area (Å²) in [6.07, 6.45) is 1.71. The SMILES string of the molecule is CCOc1ccc(/C=C2/SC(=O)N(Cc3cccc(Br)c3)C2=O)cc1OCC. The van der Waals surface area contributed by atoms with Gasteiger partial charge in [0.1, 0.15) is 0 Å². The van der Waals surface area contributed by atoms with E-state index in [2.05, 4.69) is 15.9 Å². The molecule has 0 spiro atoms. The first kappa shape index (κ1) is 20.5. The molecule has 0 bridgehead atoms. The van der Waals surface area contributed by atoms with Gasteiger partial charge in [0.25, 0.3) is 11.1 Å². The maximum absolute atomic E-state index is 12.7. The molecule has 3 rings (SSSR count). The zero-order chi connectivity index (χ0) is 20.1. The molecule has 1 saturated heterocycles. The van der Waals surface area contributed by atoms with Crippen LogP contribution in [0.25, 0.3) is 6.08 Å². The monoisotopic (exact) mass is 461 g/mol. The summed E-state index contributed by atoms with van der Waals surface area (Å²) in [4.78, 5) is 26.7. The summed E-state index contributed by atoms with van der Waals surface area (Å²) in [5, 5.41) is -0.271. The first-order chi connectivity index (χ1) is 13.5. The van der Waals surface area contributed by atoms with Gasteiger partial charge >= 0.3 is 0 Å². The first-order valence-electron chi connectivity index (χ1n) is 8.91. The summed E-state index contributed by atoms with van der Waals surface area (Å²) < 4.78 is 12.1. The van der Waals surface area contributed by atoms with Crippen LogP contribution in [-0.4, -0.2) is 29.3 Å². The van der Waals surface area contributed by atoms with Crippen LogP contribution in [0.15, 0.2) is 51.8 Å². The molecular weight excluding hydrogens is 442 g/mol. The topological polar surface area (TPSA) is 55.8 Å². The number of nitrogens with zero attached hydrogens (tertiary/aromatic N) is 1. The van der Waals surface area contributed by atoms with Gasteiger partial charge in [-0.05, 0) is 67.1 Å². The van der Waals surface area contributed by atoms with Crippen LogP contribution >= 0.6 is 27.7 Å². The van der Waals surface area contributed by atoms with Crippen LogP contribution in [-0.2, 0) is 11.3 Å². The quantitative estimate of drug-likeness (QED) is 0.510. The average molecular weight is 462 g/mol. The van der Waals surface area contributed by atoms with Crippen LogP contribution in [0.3, 0.4) is 0 Å². The first-order valence-corrected chi connectivity index (χ1v) is 10.5. The Hall–Kier alpha value is -2.25. The van der Waals surface area contributed by atoms with Crippen molar-refractivity contribution in [3.8, 4) is 11.5 Å². The van der Waals surface area contributed by atoms with Crippen molar-refractivity contribution in [1.82, 2.24) is 4.90 Å². The van der Waals surface area contributed by atoms with Crippen molar-refractivity contribution < 1.29 is 19.1 Å². The molecule has 0 unspecified atom stereocenters. The molecule has 2 aromatic carbocycles. The van der Waals surface area contributed by atoms with Gasteiger partial charge in [-0.1, -0.05) is 34.1 Å². The van der Waals surface area contributed by atoms with Gasteiger partial charge in [-0.2, -0.15) is 0 Å². The molecule has 1 aliphatic heterocycles. The van der Waals surface area contributed by atoms with E-state index in [9.17, 15) is 9.59 Å². The van der Waals surface area contributed by atoms with E-state index in [1.807, 2.05) is 56.3 Å². The van der Waals surface area contributed by atoms with Crippen molar-refractivity contribution in [2.45, 2.75) is 20.4 Å². The number of halogens is 1. The van der Waals surface area contributed by atoms with Crippen molar-refractivity contribution >= 4 is 44.9 Å². The highest BCUT2D eigenvalue weighted by molar-refractivity contribution is 9.10. The highest BCUT2D eigenvalue weighted by atomic mass is 79.9. The number of rotatable bonds is 7. The molecule has 1 heterocycles. The van der Waals surface area contributed by atoms with Crippen LogP contribution in [0.2, 0.25) is 0 Å². The number of amides is 2. The lowest BCUT2D eigenvalue weighted by atomic mass is 10.1. The van der Waals surface area contributed by atoms with Crippen LogP contribution in [0.5, 0.6) is 11.5 Å². The van der Waals surface area contributed by atoms with Gasteiger partial charge in [0.15, 0.2) is 11.5 Å². The highest BCUT2D eigenvalue weighted by Crippen LogP contribution is 2.35. The summed E-state index contributed by atoms with van der Waals surface area (Å²) >= 11 is 4.36. The van der Waals surface area contributed by atoms with E-state index in [1.54, 1.807) is 6.08 Å². The summed E-state index contributed by atoms with van der Waals surface area (Å²) in [5.74, 6) is 0.984. The fourth-order valence-electron chi connectivity index (χ4n) is 2.76. The molecule has 0 N–H and O–H groups in total. The van der Waals surface area contributed by atoms with Gasteiger partial charge in [-0.3, -0.25) is 14.5 Å². The number of imide groups is 1. The summed E-state index contributed by atoms with van der Waals surface area (Å²) in [6.45, 7) is 5.09. The molecule has 7 heteroatoms. The van der Waals surface area contributed by atoms with E-state index >= 15 is 0 Å². The lowest BCUT2D eigenvalue weighted by Gasteiger charge is -2.13. The standard InChI is InChI=1S/C21H20BrNO4S/c1-3-26-17-9-8-14(11-18(17)27-4-2)12-19-20(24)23(21(25)28-19)13-15-6-5-7-16(22)10-15/h5-12H,3-4,13H2,1-2H3/b19-12+. The van der Waals surface area contributed by atoms with Crippen LogP contribution < -0.4 is 9.47 Å². The number of carbonyl (C=O) groups is 2. The van der Waals surface area contributed by atoms with Gasteiger partial charge in [0.2, 0.25) is 0 Å². The smallest absolute Gasteiger partial charge is 0.293 e. The van der Waals surface area contributed by atoms with Crippen molar-refractivity contribution in [3.05, 3.63) is 63.0 Å². The molecule has 0 radical (unpaired) electrons. The molecular formula is C21H20BrNO4S. The minimum atomic E-state index is -0.290. The number of carbonyl (C=O) groups excluding carboxylic acids is 2. The molecule has 2 amide bonds. The Morgan fingerprint density at radius 1 is 1.04 bits per heavy atom. The van der Waals surface area contributed by atoms with E-state index in [1.165, 1.54) is 4.90 Å². The van der Waals surface area contributed by atoms with Crippen LogP contribution in [0.4, 0.5) is 4.79 Å². The lowest BCUT2D eigenvalue weighted by Crippen LogP contribution is -2.27. The van der Waals surface area contributed by atoms with Crippen molar-refractivity contribution in [2.24, 2.45) is 0 Å². The largest absolute Gasteiger partial charge is 0.490 e. The molecule has 0 aromatic heterocycles. The zero-order valence-corrected chi connectivity index (χ0v) is 18.0. The summed E-state index contributed by atoms with van der Waals surface area (Å²) in [7, 11) is 0. The second-order valence-corrected chi connectivity index (χ2v) is 7.88. The number of thioether (sulfide) groups is 1. The van der Waals surface area contributed by atoms with Crippen molar-refractivity contribution in [1.29, 1.82) is 0 Å². The van der Waals surface area contributed by atoms with E-state index in [-0.39, 0.29) is 17.7 Å². The predicted octanol–water partition coefficient (Wildman–Crippen LogP) is 5.48. The van der Waals surface area contributed by atoms with Crippen LogP contribution in [0, 0.1) is 0 Å². The minimum absolute atomic E-state index is 0.245. The molecule has 0 atom stereocenters. The fraction of sp³-hybridized carbons (Fsp3) is 0.238. The van der Waals surface area contributed by atoms with Gasteiger partial charge in [-0.15, -0.1) is 0 Å². The van der Waals surface area contributed by atoms with Crippen molar-refractivity contribution in [3.63, 3.8) is 0 Å². The minimum Gasteiger partial charge on any atom is -0.490 e. The number of ether oxygens (including phenoxy) is 2. The molecule has 0 aliphatic carbocycles. The van der Waals surface area contributed by atoms with E-state index in [0.29, 0.717) is 29.6 Å². The van der Waals surface area contributed by atoms with Gasteiger partial charge < -0.3 is 9.47 Å². The highest BCUT2D eigenvalue weighted by Gasteiger charge is 2.35. The van der Waals surface area contributed by atoms with E-state index < -0.39 is 0 Å². The molecule has 5 nitrogen and oxygen atoms in total. The Balaban J connectivity index is 1.82. The molecule has 146 valence electrons. The number of benzene rings is 2. The van der Waals surface area contributed by atoms with Gasteiger partial charge in [0.05, 0.1) is 24.7 Å². The summed E-state index contributed by atoms with van der Waals surface area (Å²) in [5.41, 5.74) is 1.66. The fourth-order valence-corrected chi connectivity index (χ4v) is 4.05. The maximum Gasteiger partial charge on any atom is 0.293 e. The normalized spacial score (nSPS) is 15.4. The Labute approximate surface area is 176 Å². The third-order valence-corrected chi connectivity index (χ3v) is 5.37. The third kappa shape index (κ3) is 4.77. The van der Waals surface area contributed by atoms with Gasteiger partial charge in [-0.25, -0.2) is 0 Å². The zero-order valence-electron chi connectivity index (χ0n) is 15.6. The van der Waals surface area contributed by atoms with Gasteiger partial charge in [0, 0.05) is 4.47 Å².